The van der Waals surface area contributed by atoms with Crippen LogP contribution in [-0.2, 0) is 4.79 Å². The third-order valence-electron chi connectivity index (χ3n) is 1.97. The van der Waals surface area contributed by atoms with Crippen LogP contribution in [-0.4, -0.2) is 30.8 Å². The predicted octanol–water partition coefficient (Wildman–Crippen LogP) is 1.94. The number of hydrogen-bond donors (Lipinski definition) is 0. The summed E-state index contributed by atoms with van der Waals surface area (Å²) in [6.07, 6.45) is 0.678. The van der Waals surface area contributed by atoms with Gasteiger partial charge in [-0.1, -0.05) is 20.8 Å². The Hall–Kier alpha value is -0.370. The van der Waals surface area contributed by atoms with Gasteiger partial charge in [-0.2, -0.15) is 0 Å². The molecule has 0 N–H and O–H groups in total. The molecule has 0 amide bonds. The van der Waals surface area contributed by atoms with Crippen LogP contribution in [0.1, 0.15) is 34.1 Å². The number of carbonyl (C=O) groups excluding carboxylic acids is 1. The first-order valence-corrected chi connectivity index (χ1v) is 4.55. The quantitative estimate of drug-likeness (QED) is 0.630. The van der Waals surface area contributed by atoms with Gasteiger partial charge in [0.05, 0.1) is 0 Å². The van der Waals surface area contributed by atoms with Crippen LogP contribution in [0, 0.1) is 5.41 Å². The van der Waals surface area contributed by atoms with Gasteiger partial charge in [-0.3, -0.25) is 0 Å². The second-order valence-electron chi connectivity index (χ2n) is 4.37. The SMILES string of the molecule is CCN(C)CC(C)(C)CC(C)=O. The highest BCUT2D eigenvalue weighted by atomic mass is 16.1. The molecule has 0 atom stereocenters. The van der Waals surface area contributed by atoms with Crippen LogP contribution >= 0.6 is 0 Å². The maximum atomic E-state index is 10.9. The first-order chi connectivity index (χ1) is 5.37. The lowest BCUT2D eigenvalue weighted by atomic mass is 9.87. The van der Waals surface area contributed by atoms with Crippen molar-refractivity contribution in [1.29, 1.82) is 0 Å². The maximum absolute atomic E-state index is 10.9. The lowest BCUT2D eigenvalue weighted by Crippen LogP contribution is -2.32. The molecule has 0 unspecified atom stereocenters. The summed E-state index contributed by atoms with van der Waals surface area (Å²) in [5, 5.41) is 0. The second-order valence-corrected chi connectivity index (χ2v) is 4.37. The van der Waals surface area contributed by atoms with E-state index in [2.05, 4.69) is 32.7 Å². The third kappa shape index (κ3) is 5.30. The fraction of sp³-hybridized carbons (Fsp3) is 0.900. The van der Waals surface area contributed by atoms with Crippen molar-refractivity contribution in [2.24, 2.45) is 5.41 Å². The molecule has 2 heteroatoms. The Morgan fingerprint density at radius 2 is 1.92 bits per heavy atom. The molecule has 0 aliphatic heterocycles. The van der Waals surface area contributed by atoms with Crippen molar-refractivity contribution >= 4 is 5.78 Å². The molecule has 0 aliphatic rings. The summed E-state index contributed by atoms with van der Waals surface area (Å²) in [5.41, 5.74) is 0.122. The zero-order chi connectivity index (χ0) is 9.78. The van der Waals surface area contributed by atoms with Crippen LogP contribution in [0.5, 0.6) is 0 Å². The van der Waals surface area contributed by atoms with E-state index < -0.39 is 0 Å². The number of rotatable bonds is 5. The standard InChI is InChI=1S/C10H21NO/c1-6-11(5)8-10(3,4)7-9(2)12/h6-8H2,1-5H3. The average molecular weight is 171 g/mol. The van der Waals surface area contributed by atoms with Crippen molar-refractivity contribution in [1.82, 2.24) is 4.90 Å². The molecule has 0 radical (unpaired) electrons. The first-order valence-electron chi connectivity index (χ1n) is 4.55. The summed E-state index contributed by atoms with van der Waals surface area (Å²) < 4.78 is 0. The van der Waals surface area contributed by atoms with Gasteiger partial charge in [0.2, 0.25) is 0 Å². The minimum atomic E-state index is 0.122. The smallest absolute Gasteiger partial charge is 0.130 e. The molecule has 0 aromatic heterocycles. The molecule has 0 bridgehead atoms. The highest BCUT2D eigenvalue weighted by Crippen LogP contribution is 2.21. The molecule has 0 fully saturated rings. The molecule has 0 aliphatic carbocycles. The van der Waals surface area contributed by atoms with Crippen molar-refractivity contribution in [3.63, 3.8) is 0 Å². The van der Waals surface area contributed by atoms with Crippen LogP contribution in [0.2, 0.25) is 0 Å². The summed E-state index contributed by atoms with van der Waals surface area (Å²) in [6.45, 7) is 10.1. The molecule has 0 saturated carbocycles. The van der Waals surface area contributed by atoms with E-state index in [4.69, 9.17) is 0 Å². The summed E-state index contributed by atoms with van der Waals surface area (Å²) in [7, 11) is 2.09. The van der Waals surface area contributed by atoms with E-state index in [9.17, 15) is 4.79 Å². The monoisotopic (exact) mass is 171 g/mol. The third-order valence-corrected chi connectivity index (χ3v) is 1.97. The van der Waals surface area contributed by atoms with Crippen LogP contribution in [0.3, 0.4) is 0 Å². The molecular formula is C10H21NO. The van der Waals surface area contributed by atoms with Crippen molar-refractivity contribution in [2.75, 3.05) is 20.1 Å². The molecular weight excluding hydrogens is 150 g/mol. The highest BCUT2D eigenvalue weighted by Gasteiger charge is 2.21. The van der Waals surface area contributed by atoms with Gasteiger partial charge in [-0.25, -0.2) is 0 Å². The first kappa shape index (κ1) is 11.6. The normalized spacial score (nSPS) is 12.2. The zero-order valence-electron chi connectivity index (χ0n) is 8.98. The Morgan fingerprint density at radius 3 is 2.25 bits per heavy atom. The van der Waals surface area contributed by atoms with Gasteiger partial charge in [0.1, 0.15) is 5.78 Å². The summed E-state index contributed by atoms with van der Waals surface area (Å²) in [6, 6.07) is 0. The Balaban J connectivity index is 3.94. The van der Waals surface area contributed by atoms with Crippen LogP contribution in [0.25, 0.3) is 0 Å². The fourth-order valence-electron chi connectivity index (χ4n) is 1.57. The molecule has 12 heavy (non-hydrogen) atoms. The van der Waals surface area contributed by atoms with Crippen molar-refractivity contribution in [3.8, 4) is 0 Å². The summed E-state index contributed by atoms with van der Waals surface area (Å²) in [4.78, 5) is 13.1. The fourth-order valence-corrected chi connectivity index (χ4v) is 1.57. The largest absolute Gasteiger partial charge is 0.306 e. The highest BCUT2D eigenvalue weighted by molar-refractivity contribution is 5.76. The van der Waals surface area contributed by atoms with E-state index >= 15 is 0 Å². The molecule has 0 heterocycles. The molecule has 2 nitrogen and oxygen atoms in total. The number of ketones is 1. The lowest BCUT2D eigenvalue weighted by molar-refractivity contribution is -0.119. The molecule has 0 rings (SSSR count). The van der Waals surface area contributed by atoms with Crippen LogP contribution in [0.15, 0.2) is 0 Å². The average Bonchev–Trinajstić information content (AvgIpc) is 1.83. The van der Waals surface area contributed by atoms with Gasteiger partial charge >= 0.3 is 0 Å². The van der Waals surface area contributed by atoms with Gasteiger partial charge in [0.15, 0.2) is 0 Å². The van der Waals surface area contributed by atoms with E-state index in [-0.39, 0.29) is 11.2 Å². The predicted molar refractivity (Wildman–Crippen MR) is 52.3 cm³/mol. The van der Waals surface area contributed by atoms with Crippen LogP contribution < -0.4 is 0 Å². The molecule has 0 aromatic rings. The lowest BCUT2D eigenvalue weighted by Gasteiger charge is -2.28. The van der Waals surface area contributed by atoms with Crippen molar-refractivity contribution in [3.05, 3.63) is 0 Å². The summed E-state index contributed by atoms with van der Waals surface area (Å²) in [5.74, 6) is 0.282. The van der Waals surface area contributed by atoms with E-state index in [1.165, 1.54) is 0 Å². The van der Waals surface area contributed by atoms with Gasteiger partial charge in [-0.15, -0.1) is 0 Å². The molecule has 0 aromatic carbocycles. The zero-order valence-corrected chi connectivity index (χ0v) is 8.98. The van der Waals surface area contributed by atoms with Gasteiger partial charge in [0.25, 0.3) is 0 Å². The Labute approximate surface area is 75.9 Å². The Bertz CT molecular complexity index is 152. The van der Waals surface area contributed by atoms with Crippen molar-refractivity contribution in [2.45, 2.75) is 34.1 Å². The molecule has 0 spiro atoms. The number of Topliss-reactive ketones (excluding diaryl/α,β-unsaturated/α-hetero) is 1. The second kappa shape index (κ2) is 4.61. The maximum Gasteiger partial charge on any atom is 0.130 e. The topological polar surface area (TPSA) is 20.3 Å². The van der Waals surface area contributed by atoms with Gasteiger partial charge in [0, 0.05) is 13.0 Å². The van der Waals surface area contributed by atoms with Crippen molar-refractivity contribution < 1.29 is 4.79 Å². The van der Waals surface area contributed by atoms with E-state index in [1.807, 2.05) is 0 Å². The van der Waals surface area contributed by atoms with E-state index in [1.54, 1.807) is 6.92 Å². The van der Waals surface area contributed by atoms with Gasteiger partial charge < -0.3 is 9.69 Å². The van der Waals surface area contributed by atoms with Crippen LogP contribution in [0.4, 0.5) is 0 Å². The Kier molecular flexibility index (Phi) is 4.46. The minimum absolute atomic E-state index is 0.122. The van der Waals surface area contributed by atoms with Gasteiger partial charge in [-0.05, 0) is 25.9 Å². The number of hydrogen-bond acceptors (Lipinski definition) is 2. The molecule has 0 saturated heterocycles. The number of carbonyl (C=O) groups is 1. The minimum Gasteiger partial charge on any atom is -0.306 e. The summed E-state index contributed by atoms with van der Waals surface area (Å²) >= 11 is 0. The van der Waals surface area contributed by atoms with E-state index in [0.717, 1.165) is 13.1 Å². The number of nitrogens with zero attached hydrogens (tertiary/aromatic N) is 1. The molecule has 72 valence electrons. The Morgan fingerprint density at radius 1 is 1.42 bits per heavy atom. The van der Waals surface area contributed by atoms with E-state index in [0.29, 0.717) is 6.42 Å².